The van der Waals surface area contributed by atoms with Crippen LogP contribution in [0.15, 0.2) is 24.3 Å². The lowest BCUT2D eigenvalue weighted by atomic mass is 9.87. The van der Waals surface area contributed by atoms with Gasteiger partial charge < -0.3 is 0 Å². The van der Waals surface area contributed by atoms with Crippen LogP contribution in [-0.2, 0) is 11.2 Å². The number of carbonyl (C=O) groups is 2. The molecule has 92 valence electrons. The number of Topliss-reactive ketones (excluding diaryl/α,β-unsaturated/α-hetero) is 2. The molecule has 0 fully saturated rings. The number of ketones is 2. The van der Waals surface area contributed by atoms with Crippen molar-refractivity contribution in [3.8, 4) is 0 Å². The van der Waals surface area contributed by atoms with E-state index >= 15 is 0 Å². The molecule has 0 unspecified atom stereocenters. The molecule has 2 heteroatoms. The van der Waals surface area contributed by atoms with Gasteiger partial charge in [0.2, 0.25) is 0 Å². The van der Waals surface area contributed by atoms with Crippen molar-refractivity contribution in [1.29, 1.82) is 0 Å². The molecule has 2 nitrogen and oxygen atoms in total. The molecule has 0 aliphatic heterocycles. The van der Waals surface area contributed by atoms with Gasteiger partial charge in [-0.3, -0.25) is 9.59 Å². The van der Waals surface area contributed by atoms with E-state index < -0.39 is 5.41 Å². The molecule has 0 N–H and O–H groups in total. The first-order chi connectivity index (χ1) is 7.84. The Balaban J connectivity index is 2.73. The molecule has 0 saturated heterocycles. The topological polar surface area (TPSA) is 34.1 Å². The number of aryl methyl sites for hydroxylation is 1. The zero-order chi connectivity index (χ0) is 13.1. The summed E-state index contributed by atoms with van der Waals surface area (Å²) in [5.74, 6) is -0.102. The van der Waals surface area contributed by atoms with E-state index in [2.05, 4.69) is 6.92 Å². The number of rotatable bonds is 4. The maximum Gasteiger partial charge on any atom is 0.170 e. The van der Waals surface area contributed by atoms with E-state index in [9.17, 15) is 9.59 Å². The lowest BCUT2D eigenvalue weighted by molar-refractivity contribution is -0.125. The molecule has 17 heavy (non-hydrogen) atoms. The Labute approximate surface area is 103 Å². The standard InChI is InChI=1S/C15H20O2/c1-5-11-6-8-12(9-7-11)13(16)10-14(17)15(2,3)4/h6-9H,5,10H2,1-4H3. The predicted octanol–water partition coefficient (Wildman–Crippen LogP) is 3.44. The van der Waals surface area contributed by atoms with Crippen molar-refractivity contribution in [2.24, 2.45) is 5.41 Å². The molecule has 0 aliphatic rings. The van der Waals surface area contributed by atoms with Crippen LogP contribution in [0.4, 0.5) is 0 Å². The minimum absolute atomic E-state index is 0.00499. The van der Waals surface area contributed by atoms with Crippen LogP contribution < -0.4 is 0 Å². The molecule has 0 heterocycles. The second kappa shape index (κ2) is 5.26. The Bertz CT molecular complexity index is 408. The van der Waals surface area contributed by atoms with Crippen molar-refractivity contribution in [1.82, 2.24) is 0 Å². The van der Waals surface area contributed by atoms with Crippen molar-refractivity contribution >= 4 is 11.6 Å². The average Bonchev–Trinajstić information content (AvgIpc) is 2.27. The Morgan fingerprint density at radius 2 is 1.59 bits per heavy atom. The average molecular weight is 232 g/mol. The lowest BCUT2D eigenvalue weighted by Gasteiger charge is -2.15. The monoisotopic (exact) mass is 232 g/mol. The Morgan fingerprint density at radius 3 is 2.00 bits per heavy atom. The van der Waals surface area contributed by atoms with E-state index in [1.54, 1.807) is 12.1 Å². The maximum absolute atomic E-state index is 11.9. The lowest BCUT2D eigenvalue weighted by Crippen LogP contribution is -2.23. The van der Waals surface area contributed by atoms with Crippen LogP contribution in [0, 0.1) is 5.41 Å². The van der Waals surface area contributed by atoms with Crippen LogP contribution in [-0.4, -0.2) is 11.6 Å². The van der Waals surface area contributed by atoms with Crippen LogP contribution in [0.5, 0.6) is 0 Å². The minimum atomic E-state index is -0.445. The third-order valence-corrected chi connectivity index (χ3v) is 2.84. The van der Waals surface area contributed by atoms with Gasteiger partial charge in [-0.15, -0.1) is 0 Å². The molecular formula is C15H20O2. The largest absolute Gasteiger partial charge is 0.299 e. The van der Waals surface area contributed by atoms with Crippen LogP contribution >= 0.6 is 0 Å². The number of benzene rings is 1. The van der Waals surface area contributed by atoms with Crippen LogP contribution in [0.1, 0.15) is 50.0 Å². The normalized spacial score (nSPS) is 11.3. The summed E-state index contributed by atoms with van der Waals surface area (Å²) in [5, 5.41) is 0. The molecule has 0 saturated carbocycles. The van der Waals surface area contributed by atoms with E-state index in [0.717, 1.165) is 6.42 Å². The smallest absolute Gasteiger partial charge is 0.170 e. The quantitative estimate of drug-likeness (QED) is 0.588. The first-order valence-corrected chi connectivity index (χ1v) is 6.00. The summed E-state index contributed by atoms with van der Waals surface area (Å²) < 4.78 is 0. The van der Waals surface area contributed by atoms with Gasteiger partial charge in [-0.05, 0) is 12.0 Å². The highest BCUT2D eigenvalue weighted by Crippen LogP contribution is 2.18. The molecule has 1 aromatic rings. The molecular weight excluding hydrogens is 212 g/mol. The first kappa shape index (κ1) is 13.6. The fourth-order valence-corrected chi connectivity index (χ4v) is 1.44. The Kier molecular flexibility index (Phi) is 4.22. The number of hydrogen-bond donors (Lipinski definition) is 0. The van der Waals surface area contributed by atoms with Crippen LogP contribution in [0.25, 0.3) is 0 Å². The van der Waals surface area contributed by atoms with E-state index in [1.165, 1.54) is 5.56 Å². The fraction of sp³-hybridized carbons (Fsp3) is 0.467. The van der Waals surface area contributed by atoms with E-state index in [4.69, 9.17) is 0 Å². The van der Waals surface area contributed by atoms with Crippen molar-refractivity contribution in [3.05, 3.63) is 35.4 Å². The minimum Gasteiger partial charge on any atom is -0.299 e. The number of carbonyl (C=O) groups excluding carboxylic acids is 2. The van der Waals surface area contributed by atoms with Crippen LogP contribution in [0.3, 0.4) is 0 Å². The third-order valence-electron chi connectivity index (χ3n) is 2.84. The van der Waals surface area contributed by atoms with Gasteiger partial charge >= 0.3 is 0 Å². The first-order valence-electron chi connectivity index (χ1n) is 6.00. The summed E-state index contributed by atoms with van der Waals surface area (Å²) in [5.41, 5.74) is 1.38. The van der Waals surface area contributed by atoms with Crippen molar-refractivity contribution in [3.63, 3.8) is 0 Å². The van der Waals surface area contributed by atoms with Crippen molar-refractivity contribution in [2.45, 2.75) is 40.5 Å². The van der Waals surface area contributed by atoms with Gasteiger partial charge in [0.15, 0.2) is 5.78 Å². The summed E-state index contributed by atoms with van der Waals surface area (Å²) >= 11 is 0. The summed E-state index contributed by atoms with van der Waals surface area (Å²) in [7, 11) is 0. The van der Waals surface area contributed by atoms with Crippen LogP contribution in [0.2, 0.25) is 0 Å². The van der Waals surface area contributed by atoms with Gasteiger partial charge in [0.1, 0.15) is 5.78 Å². The van der Waals surface area contributed by atoms with E-state index in [0.29, 0.717) is 5.56 Å². The molecule has 0 atom stereocenters. The van der Waals surface area contributed by atoms with Gasteiger partial charge in [0, 0.05) is 11.0 Å². The summed E-state index contributed by atoms with van der Waals surface area (Å²) in [6.07, 6.45) is 0.949. The second-order valence-electron chi connectivity index (χ2n) is 5.32. The summed E-state index contributed by atoms with van der Waals surface area (Å²) in [4.78, 5) is 23.6. The zero-order valence-corrected chi connectivity index (χ0v) is 11.0. The molecule has 0 amide bonds. The Morgan fingerprint density at radius 1 is 1.06 bits per heavy atom. The maximum atomic E-state index is 11.9. The third kappa shape index (κ3) is 3.81. The Hall–Kier alpha value is -1.44. The fourth-order valence-electron chi connectivity index (χ4n) is 1.44. The van der Waals surface area contributed by atoms with Crippen molar-refractivity contribution < 1.29 is 9.59 Å². The summed E-state index contributed by atoms with van der Waals surface area (Å²) in [6.45, 7) is 7.58. The highest BCUT2D eigenvalue weighted by Gasteiger charge is 2.23. The van der Waals surface area contributed by atoms with Gasteiger partial charge in [-0.2, -0.15) is 0 Å². The highest BCUT2D eigenvalue weighted by molar-refractivity contribution is 6.09. The summed E-state index contributed by atoms with van der Waals surface area (Å²) in [6, 6.07) is 7.48. The molecule has 0 bridgehead atoms. The van der Waals surface area contributed by atoms with Crippen molar-refractivity contribution in [2.75, 3.05) is 0 Å². The molecule has 0 aliphatic carbocycles. The van der Waals surface area contributed by atoms with Gasteiger partial charge in [-0.1, -0.05) is 52.0 Å². The molecule has 0 aromatic heterocycles. The van der Waals surface area contributed by atoms with Gasteiger partial charge in [-0.25, -0.2) is 0 Å². The zero-order valence-electron chi connectivity index (χ0n) is 11.0. The molecule has 0 radical (unpaired) electrons. The molecule has 1 aromatic carbocycles. The second-order valence-corrected chi connectivity index (χ2v) is 5.32. The van der Waals surface area contributed by atoms with E-state index in [-0.39, 0.29) is 18.0 Å². The van der Waals surface area contributed by atoms with Gasteiger partial charge in [0.05, 0.1) is 6.42 Å². The molecule has 1 rings (SSSR count). The number of hydrogen-bond acceptors (Lipinski definition) is 2. The highest BCUT2D eigenvalue weighted by atomic mass is 16.1. The SMILES string of the molecule is CCc1ccc(C(=O)CC(=O)C(C)(C)C)cc1. The molecule has 0 spiro atoms. The van der Waals surface area contributed by atoms with Gasteiger partial charge in [0.25, 0.3) is 0 Å². The van der Waals surface area contributed by atoms with E-state index in [1.807, 2.05) is 32.9 Å². The predicted molar refractivity (Wildman–Crippen MR) is 69.2 cm³/mol.